The Hall–Kier alpha value is -0.950. The predicted molar refractivity (Wildman–Crippen MR) is 75.7 cm³/mol. The largest absolute Gasteiger partial charge is 0.387 e. The highest BCUT2D eigenvalue weighted by molar-refractivity contribution is 9.10. The van der Waals surface area contributed by atoms with E-state index in [-0.39, 0.29) is 4.87 Å². The first-order chi connectivity index (χ1) is 8.65. The van der Waals surface area contributed by atoms with Crippen molar-refractivity contribution in [3.63, 3.8) is 0 Å². The highest BCUT2D eigenvalue weighted by Crippen LogP contribution is 2.17. The first kappa shape index (κ1) is 13.5. The summed E-state index contributed by atoms with van der Waals surface area (Å²) in [5.41, 5.74) is 1.70. The van der Waals surface area contributed by atoms with Gasteiger partial charge in [0.05, 0.1) is 6.10 Å². The van der Waals surface area contributed by atoms with Crippen LogP contribution in [0.1, 0.15) is 17.4 Å². The molecule has 0 fully saturated rings. The van der Waals surface area contributed by atoms with Crippen LogP contribution in [-0.4, -0.2) is 16.6 Å². The molecule has 0 aliphatic heterocycles. The number of aromatic amines is 1. The summed E-state index contributed by atoms with van der Waals surface area (Å²) in [4.78, 5) is 13.6. The Morgan fingerprint density at radius 1 is 1.50 bits per heavy atom. The number of H-pyrrole nitrogens is 1. The summed E-state index contributed by atoms with van der Waals surface area (Å²) in [5.74, 6) is 0. The second kappa shape index (κ2) is 6.29. The van der Waals surface area contributed by atoms with Crippen LogP contribution < -0.4 is 10.2 Å². The Balaban J connectivity index is 1.85. The predicted octanol–water partition coefficient (Wildman–Crippen LogP) is 2.02. The number of aliphatic hydroxyl groups excluding tert-OH is 1. The zero-order valence-corrected chi connectivity index (χ0v) is 11.9. The van der Waals surface area contributed by atoms with Crippen molar-refractivity contribution in [1.82, 2.24) is 10.3 Å². The van der Waals surface area contributed by atoms with E-state index in [1.165, 1.54) is 0 Å². The summed E-state index contributed by atoms with van der Waals surface area (Å²) >= 11 is 4.51. The van der Waals surface area contributed by atoms with E-state index in [9.17, 15) is 9.90 Å². The van der Waals surface area contributed by atoms with E-state index < -0.39 is 6.10 Å². The molecule has 2 aromatic rings. The summed E-state index contributed by atoms with van der Waals surface area (Å²) in [6.45, 7) is 0.984. The van der Waals surface area contributed by atoms with E-state index in [1.807, 2.05) is 24.3 Å². The quantitative estimate of drug-likeness (QED) is 0.786. The molecule has 2 rings (SSSR count). The van der Waals surface area contributed by atoms with Crippen LogP contribution in [0.15, 0.2) is 38.9 Å². The second-order valence-electron chi connectivity index (χ2n) is 3.88. The number of aromatic nitrogens is 1. The zero-order chi connectivity index (χ0) is 13.0. The van der Waals surface area contributed by atoms with Crippen LogP contribution in [0.25, 0.3) is 0 Å². The van der Waals surface area contributed by atoms with Crippen LogP contribution in [0.5, 0.6) is 0 Å². The Morgan fingerprint density at radius 3 is 3.00 bits per heavy atom. The number of rotatable bonds is 5. The zero-order valence-electron chi connectivity index (χ0n) is 9.52. The maximum absolute atomic E-state index is 10.9. The van der Waals surface area contributed by atoms with Gasteiger partial charge >= 0.3 is 4.87 Å². The van der Waals surface area contributed by atoms with Gasteiger partial charge in [0.25, 0.3) is 0 Å². The van der Waals surface area contributed by atoms with Crippen molar-refractivity contribution < 1.29 is 5.11 Å². The molecule has 0 aliphatic carbocycles. The molecule has 96 valence electrons. The van der Waals surface area contributed by atoms with Gasteiger partial charge in [-0.1, -0.05) is 39.4 Å². The minimum Gasteiger partial charge on any atom is -0.387 e. The Labute approximate surface area is 117 Å². The molecule has 1 aromatic carbocycles. The molecule has 0 radical (unpaired) electrons. The fourth-order valence-corrected chi connectivity index (χ4v) is 2.57. The third-order valence-electron chi connectivity index (χ3n) is 2.46. The Morgan fingerprint density at radius 2 is 2.33 bits per heavy atom. The van der Waals surface area contributed by atoms with Crippen LogP contribution in [0.3, 0.4) is 0 Å². The van der Waals surface area contributed by atoms with Gasteiger partial charge in [0, 0.05) is 28.6 Å². The molecule has 1 aromatic heterocycles. The second-order valence-corrected chi connectivity index (χ2v) is 5.63. The minimum absolute atomic E-state index is 0.0562. The lowest BCUT2D eigenvalue weighted by Gasteiger charge is -2.12. The van der Waals surface area contributed by atoms with E-state index in [0.717, 1.165) is 27.1 Å². The molecular formula is C12H13BrN2O2S. The molecule has 6 heteroatoms. The van der Waals surface area contributed by atoms with Gasteiger partial charge < -0.3 is 15.4 Å². The Kier molecular flexibility index (Phi) is 4.71. The fraction of sp³-hybridized carbons (Fsp3) is 0.250. The third kappa shape index (κ3) is 3.78. The number of thiazole rings is 1. The van der Waals surface area contributed by atoms with E-state index in [1.54, 1.807) is 5.38 Å². The van der Waals surface area contributed by atoms with Crippen LogP contribution in [0, 0.1) is 0 Å². The molecule has 1 atom stereocenters. The molecule has 0 saturated heterocycles. The monoisotopic (exact) mass is 328 g/mol. The first-order valence-electron chi connectivity index (χ1n) is 5.46. The molecular weight excluding hydrogens is 316 g/mol. The molecule has 18 heavy (non-hydrogen) atoms. The molecule has 0 amide bonds. The van der Waals surface area contributed by atoms with Crippen molar-refractivity contribution in [2.24, 2.45) is 0 Å². The highest BCUT2D eigenvalue weighted by Gasteiger charge is 2.07. The van der Waals surface area contributed by atoms with Crippen LogP contribution in [0.4, 0.5) is 0 Å². The average molecular weight is 329 g/mol. The lowest BCUT2D eigenvalue weighted by atomic mass is 10.1. The summed E-state index contributed by atoms with van der Waals surface area (Å²) in [6, 6.07) is 7.57. The van der Waals surface area contributed by atoms with Crippen molar-refractivity contribution in [2.75, 3.05) is 6.54 Å². The molecule has 0 aliphatic rings. The van der Waals surface area contributed by atoms with E-state index >= 15 is 0 Å². The van der Waals surface area contributed by atoms with Crippen molar-refractivity contribution in [2.45, 2.75) is 12.6 Å². The smallest absolute Gasteiger partial charge is 0.304 e. The number of nitrogens with one attached hydrogen (secondary N) is 2. The van der Waals surface area contributed by atoms with Crippen molar-refractivity contribution in [3.8, 4) is 0 Å². The topological polar surface area (TPSA) is 65.1 Å². The Bertz CT molecular complexity index is 567. The van der Waals surface area contributed by atoms with E-state index in [4.69, 9.17) is 0 Å². The summed E-state index contributed by atoms with van der Waals surface area (Å²) in [5, 5.41) is 14.9. The molecule has 0 spiro atoms. The number of hydrogen-bond acceptors (Lipinski definition) is 4. The first-order valence-corrected chi connectivity index (χ1v) is 7.13. The maximum Gasteiger partial charge on any atom is 0.304 e. The van der Waals surface area contributed by atoms with Crippen molar-refractivity contribution >= 4 is 27.3 Å². The van der Waals surface area contributed by atoms with Crippen LogP contribution in [-0.2, 0) is 6.54 Å². The minimum atomic E-state index is -0.562. The number of hydrogen-bond donors (Lipinski definition) is 3. The molecule has 1 unspecified atom stereocenters. The summed E-state index contributed by atoms with van der Waals surface area (Å²) < 4.78 is 0.946. The number of halogens is 1. The van der Waals surface area contributed by atoms with Gasteiger partial charge in [-0.3, -0.25) is 4.79 Å². The molecule has 1 heterocycles. The van der Waals surface area contributed by atoms with Gasteiger partial charge in [-0.15, -0.1) is 0 Å². The maximum atomic E-state index is 10.9. The van der Waals surface area contributed by atoms with Crippen LogP contribution >= 0.6 is 27.3 Å². The van der Waals surface area contributed by atoms with Crippen molar-refractivity contribution in [3.05, 3.63) is 55.0 Å². The lowest BCUT2D eigenvalue weighted by molar-refractivity contribution is 0.174. The standard InChI is InChI=1S/C12H13BrN2O2S/c13-9-3-1-2-8(4-9)11(16)6-14-5-10-7-18-12(17)15-10/h1-4,7,11,14,16H,5-6H2,(H,15,17). The molecule has 0 bridgehead atoms. The fourth-order valence-electron chi connectivity index (χ4n) is 1.58. The SMILES string of the molecule is O=c1[nH]c(CNCC(O)c2cccc(Br)c2)cs1. The van der Waals surface area contributed by atoms with Crippen molar-refractivity contribution in [1.29, 1.82) is 0 Å². The van der Waals surface area contributed by atoms with E-state index in [0.29, 0.717) is 13.1 Å². The number of aliphatic hydroxyl groups is 1. The van der Waals surface area contributed by atoms with Gasteiger partial charge in [0.1, 0.15) is 0 Å². The van der Waals surface area contributed by atoms with Gasteiger partial charge in [-0.25, -0.2) is 0 Å². The lowest BCUT2D eigenvalue weighted by Crippen LogP contribution is -2.21. The van der Waals surface area contributed by atoms with Gasteiger partial charge in [0.2, 0.25) is 0 Å². The number of benzene rings is 1. The van der Waals surface area contributed by atoms with Gasteiger partial charge in [0.15, 0.2) is 0 Å². The van der Waals surface area contributed by atoms with E-state index in [2.05, 4.69) is 26.2 Å². The summed E-state index contributed by atoms with van der Waals surface area (Å²) in [6.07, 6.45) is -0.562. The summed E-state index contributed by atoms with van der Waals surface area (Å²) in [7, 11) is 0. The normalized spacial score (nSPS) is 12.6. The van der Waals surface area contributed by atoms with Gasteiger partial charge in [-0.05, 0) is 17.7 Å². The molecule has 4 nitrogen and oxygen atoms in total. The van der Waals surface area contributed by atoms with Crippen LogP contribution in [0.2, 0.25) is 0 Å². The third-order valence-corrected chi connectivity index (χ3v) is 3.67. The average Bonchev–Trinajstić information content (AvgIpc) is 2.75. The van der Waals surface area contributed by atoms with Gasteiger partial charge in [-0.2, -0.15) is 0 Å². The molecule has 0 saturated carbocycles. The molecule has 3 N–H and O–H groups in total. The highest BCUT2D eigenvalue weighted by atomic mass is 79.9.